The first-order chi connectivity index (χ1) is 9.45. The molecule has 2 rings (SSSR count). The van der Waals surface area contributed by atoms with Crippen molar-refractivity contribution < 1.29 is 14.7 Å². The second-order valence-corrected chi connectivity index (χ2v) is 4.53. The highest BCUT2D eigenvalue weighted by atomic mass is 35.5. The molecule has 0 saturated carbocycles. The molecule has 7 nitrogen and oxygen atoms in total. The van der Waals surface area contributed by atoms with Crippen LogP contribution in [-0.2, 0) is 11.3 Å². The molecule has 0 fully saturated rings. The molecule has 0 spiro atoms. The average molecular weight is 315 g/mol. The largest absolute Gasteiger partial charge is 0.480 e. The zero-order valence-corrected chi connectivity index (χ0v) is 11.4. The van der Waals surface area contributed by atoms with Crippen LogP contribution >= 0.6 is 23.2 Å². The summed E-state index contributed by atoms with van der Waals surface area (Å²) < 4.78 is 1.17. The number of rotatable bonds is 4. The number of hydrogen-bond donors (Lipinski definition) is 2. The van der Waals surface area contributed by atoms with Gasteiger partial charge in [0, 0.05) is 6.20 Å². The quantitative estimate of drug-likeness (QED) is 0.840. The van der Waals surface area contributed by atoms with Crippen molar-refractivity contribution >= 4 is 40.8 Å². The van der Waals surface area contributed by atoms with Crippen molar-refractivity contribution in [3.8, 4) is 0 Å². The topological polar surface area (TPSA) is 97.1 Å². The van der Waals surface area contributed by atoms with Gasteiger partial charge in [0.25, 0.3) is 5.91 Å². The summed E-state index contributed by atoms with van der Waals surface area (Å²) in [5.74, 6) is -1.60. The number of nitrogens with zero attached hydrogens (tertiary/aromatic N) is 3. The third kappa shape index (κ3) is 3.46. The fourth-order valence-electron chi connectivity index (χ4n) is 1.42. The normalized spacial score (nSPS) is 10.3. The summed E-state index contributed by atoms with van der Waals surface area (Å²) >= 11 is 11.5. The Balaban J connectivity index is 2.13. The number of carboxylic acid groups (broad SMARTS) is 1. The molecule has 2 aromatic heterocycles. The minimum Gasteiger partial charge on any atom is -0.480 e. The highest BCUT2D eigenvalue weighted by Gasteiger charge is 2.14. The Labute approximate surface area is 123 Å². The van der Waals surface area contributed by atoms with Crippen molar-refractivity contribution in [2.24, 2.45) is 0 Å². The van der Waals surface area contributed by atoms with E-state index < -0.39 is 11.9 Å². The van der Waals surface area contributed by atoms with Crippen LogP contribution in [0, 0.1) is 0 Å². The Bertz CT molecular complexity index is 671. The summed E-state index contributed by atoms with van der Waals surface area (Å²) in [6.45, 7) is -0.300. The molecule has 0 aliphatic heterocycles. The SMILES string of the molecule is O=C(O)Cn1cc(NC(=O)c2nc(Cl)ccc2Cl)cn1. The fourth-order valence-corrected chi connectivity index (χ4v) is 1.76. The number of aliphatic carboxylic acids is 1. The molecule has 2 aromatic rings. The van der Waals surface area contributed by atoms with Crippen molar-refractivity contribution in [2.75, 3.05) is 5.32 Å². The van der Waals surface area contributed by atoms with E-state index in [4.69, 9.17) is 28.3 Å². The smallest absolute Gasteiger partial charge is 0.325 e. The van der Waals surface area contributed by atoms with Gasteiger partial charge in [0.1, 0.15) is 17.4 Å². The Morgan fingerprint density at radius 2 is 2.10 bits per heavy atom. The van der Waals surface area contributed by atoms with Gasteiger partial charge in [0.15, 0.2) is 0 Å². The van der Waals surface area contributed by atoms with Gasteiger partial charge in [-0.1, -0.05) is 23.2 Å². The highest BCUT2D eigenvalue weighted by Crippen LogP contribution is 2.18. The van der Waals surface area contributed by atoms with Crippen LogP contribution in [0.2, 0.25) is 10.2 Å². The molecule has 2 N–H and O–H groups in total. The van der Waals surface area contributed by atoms with Gasteiger partial charge in [-0.2, -0.15) is 5.10 Å². The third-order valence-corrected chi connectivity index (χ3v) is 2.73. The molecule has 9 heteroatoms. The Hall–Kier alpha value is -2.12. The minimum atomic E-state index is -1.04. The molecule has 0 bridgehead atoms. The Kier molecular flexibility index (Phi) is 4.21. The maximum Gasteiger partial charge on any atom is 0.325 e. The van der Waals surface area contributed by atoms with E-state index in [9.17, 15) is 9.59 Å². The molecule has 0 saturated heterocycles. The average Bonchev–Trinajstić information content (AvgIpc) is 2.78. The van der Waals surface area contributed by atoms with Crippen LogP contribution in [0.1, 0.15) is 10.5 Å². The lowest BCUT2D eigenvalue weighted by molar-refractivity contribution is -0.137. The molecule has 104 valence electrons. The molecule has 1 amide bonds. The number of carbonyl (C=O) groups excluding carboxylic acids is 1. The third-order valence-electron chi connectivity index (χ3n) is 2.22. The van der Waals surface area contributed by atoms with Gasteiger partial charge in [0.2, 0.25) is 0 Å². The fraction of sp³-hybridized carbons (Fsp3) is 0.0909. The zero-order chi connectivity index (χ0) is 14.7. The number of carboxylic acids is 1. The predicted octanol–water partition coefficient (Wildman–Crippen LogP) is 1.92. The number of halogens is 2. The van der Waals surface area contributed by atoms with Gasteiger partial charge < -0.3 is 10.4 Å². The molecule has 0 aliphatic rings. The number of anilines is 1. The molecule has 0 atom stereocenters. The molecule has 20 heavy (non-hydrogen) atoms. The Morgan fingerprint density at radius 3 is 2.80 bits per heavy atom. The van der Waals surface area contributed by atoms with E-state index >= 15 is 0 Å². The lowest BCUT2D eigenvalue weighted by atomic mass is 10.3. The minimum absolute atomic E-state index is 0.0230. The van der Waals surface area contributed by atoms with Gasteiger partial charge in [0.05, 0.1) is 16.9 Å². The van der Waals surface area contributed by atoms with E-state index in [0.717, 1.165) is 0 Å². The second kappa shape index (κ2) is 5.89. The van der Waals surface area contributed by atoms with E-state index in [1.807, 2.05) is 0 Å². The maximum absolute atomic E-state index is 11.9. The van der Waals surface area contributed by atoms with E-state index in [1.165, 1.54) is 29.2 Å². The Morgan fingerprint density at radius 1 is 1.35 bits per heavy atom. The first-order valence-electron chi connectivity index (χ1n) is 5.33. The number of amides is 1. The molecule has 0 unspecified atom stereocenters. The molecular formula is C11H8Cl2N4O3. The van der Waals surface area contributed by atoms with Crippen LogP contribution in [0.15, 0.2) is 24.5 Å². The van der Waals surface area contributed by atoms with Gasteiger partial charge in [-0.3, -0.25) is 14.3 Å². The van der Waals surface area contributed by atoms with Crippen LogP contribution < -0.4 is 5.32 Å². The molecule has 0 aliphatic carbocycles. The van der Waals surface area contributed by atoms with Gasteiger partial charge in [-0.25, -0.2) is 4.98 Å². The standard InChI is InChI=1S/C11H8Cl2N4O3/c12-7-1-2-8(13)16-10(7)11(20)15-6-3-14-17(4-6)5-9(18)19/h1-4H,5H2,(H,15,20)(H,18,19). The predicted molar refractivity (Wildman–Crippen MR) is 72.1 cm³/mol. The number of nitrogens with one attached hydrogen (secondary N) is 1. The monoisotopic (exact) mass is 314 g/mol. The summed E-state index contributed by atoms with van der Waals surface area (Å²) in [6.07, 6.45) is 2.70. The van der Waals surface area contributed by atoms with Gasteiger partial charge in [-0.05, 0) is 12.1 Å². The van der Waals surface area contributed by atoms with Crippen LogP contribution in [0.3, 0.4) is 0 Å². The van der Waals surface area contributed by atoms with Crippen LogP contribution in [-0.4, -0.2) is 31.7 Å². The highest BCUT2D eigenvalue weighted by molar-refractivity contribution is 6.35. The molecular weight excluding hydrogens is 307 g/mol. The van der Waals surface area contributed by atoms with Crippen molar-refractivity contribution in [3.05, 3.63) is 40.4 Å². The molecule has 0 aromatic carbocycles. The summed E-state index contributed by atoms with van der Waals surface area (Å²) in [4.78, 5) is 26.3. The lowest BCUT2D eigenvalue weighted by Crippen LogP contribution is -2.14. The van der Waals surface area contributed by atoms with Crippen LogP contribution in [0.5, 0.6) is 0 Å². The van der Waals surface area contributed by atoms with Crippen LogP contribution in [0.4, 0.5) is 5.69 Å². The summed E-state index contributed by atoms with van der Waals surface area (Å²) in [6, 6.07) is 2.92. The van der Waals surface area contributed by atoms with Gasteiger partial charge in [-0.15, -0.1) is 0 Å². The first-order valence-corrected chi connectivity index (χ1v) is 6.09. The van der Waals surface area contributed by atoms with Crippen molar-refractivity contribution in [2.45, 2.75) is 6.54 Å². The maximum atomic E-state index is 11.9. The number of aromatic nitrogens is 3. The summed E-state index contributed by atoms with van der Waals surface area (Å²) in [5, 5.41) is 15.2. The van der Waals surface area contributed by atoms with E-state index in [2.05, 4.69) is 15.4 Å². The van der Waals surface area contributed by atoms with E-state index in [0.29, 0.717) is 5.69 Å². The number of hydrogen-bond acceptors (Lipinski definition) is 4. The zero-order valence-electron chi connectivity index (χ0n) is 9.88. The summed E-state index contributed by atoms with van der Waals surface area (Å²) in [5.41, 5.74) is 0.305. The number of pyridine rings is 1. The summed E-state index contributed by atoms with van der Waals surface area (Å²) in [7, 11) is 0. The number of carbonyl (C=O) groups is 2. The van der Waals surface area contributed by atoms with E-state index in [-0.39, 0.29) is 22.4 Å². The molecule has 2 heterocycles. The lowest BCUT2D eigenvalue weighted by Gasteiger charge is -2.03. The van der Waals surface area contributed by atoms with Crippen LogP contribution in [0.25, 0.3) is 0 Å². The van der Waals surface area contributed by atoms with Crippen molar-refractivity contribution in [1.29, 1.82) is 0 Å². The second-order valence-electron chi connectivity index (χ2n) is 3.74. The van der Waals surface area contributed by atoms with Crippen molar-refractivity contribution in [3.63, 3.8) is 0 Å². The molecule has 0 radical (unpaired) electrons. The van der Waals surface area contributed by atoms with E-state index in [1.54, 1.807) is 0 Å². The van der Waals surface area contributed by atoms with Crippen molar-refractivity contribution in [1.82, 2.24) is 14.8 Å². The first kappa shape index (κ1) is 14.3. The van der Waals surface area contributed by atoms with Gasteiger partial charge >= 0.3 is 5.97 Å².